The molecule has 35 heavy (non-hydrogen) atoms. The van der Waals surface area contributed by atoms with Crippen LogP contribution in [0.4, 0.5) is 9.59 Å². The predicted octanol–water partition coefficient (Wildman–Crippen LogP) is 3.64. The van der Waals surface area contributed by atoms with Crippen molar-refractivity contribution in [3.63, 3.8) is 0 Å². The highest BCUT2D eigenvalue weighted by atomic mass is 16.7. The van der Waals surface area contributed by atoms with Gasteiger partial charge in [-0.2, -0.15) is 5.06 Å². The molecule has 4 rings (SSSR count). The van der Waals surface area contributed by atoms with Gasteiger partial charge in [-0.05, 0) is 49.6 Å². The number of hydrogen-bond donors (Lipinski definition) is 2. The molecule has 0 aromatic heterocycles. The van der Waals surface area contributed by atoms with Crippen molar-refractivity contribution >= 4 is 18.1 Å². The monoisotopic (exact) mass is 483 g/mol. The fourth-order valence-corrected chi connectivity index (χ4v) is 4.15. The maximum absolute atomic E-state index is 13.0. The van der Waals surface area contributed by atoms with Crippen molar-refractivity contribution in [1.29, 1.82) is 0 Å². The zero-order valence-electron chi connectivity index (χ0n) is 19.9. The Hall–Kier alpha value is -3.79. The van der Waals surface area contributed by atoms with Gasteiger partial charge in [0.05, 0.1) is 13.1 Å². The van der Waals surface area contributed by atoms with E-state index in [0.29, 0.717) is 16.9 Å². The largest absolute Gasteiger partial charge is 0.492 e. The van der Waals surface area contributed by atoms with Crippen LogP contribution in [-0.4, -0.2) is 58.5 Å². The van der Waals surface area contributed by atoms with E-state index in [2.05, 4.69) is 5.32 Å². The molecule has 10 heteroatoms. The van der Waals surface area contributed by atoms with Crippen molar-refractivity contribution in [3.8, 4) is 5.75 Å². The second-order valence-electron chi connectivity index (χ2n) is 9.34. The van der Waals surface area contributed by atoms with Gasteiger partial charge in [0.25, 0.3) is 0 Å². The molecule has 2 aromatic carbocycles. The van der Waals surface area contributed by atoms with Crippen LogP contribution in [0.1, 0.15) is 49.5 Å². The van der Waals surface area contributed by atoms with Gasteiger partial charge in [0.15, 0.2) is 6.04 Å². The number of carboxylic acids is 1. The van der Waals surface area contributed by atoms with Crippen LogP contribution in [0.25, 0.3) is 0 Å². The van der Waals surface area contributed by atoms with E-state index in [1.54, 1.807) is 39.0 Å². The number of ether oxygens (including phenoxy) is 2. The minimum atomic E-state index is -1.11. The van der Waals surface area contributed by atoms with Crippen LogP contribution in [0.15, 0.2) is 48.5 Å². The average Bonchev–Trinajstić information content (AvgIpc) is 3.07. The lowest BCUT2D eigenvalue weighted by Gasteiger charge is -2.30. The molecule has 2 heterocycles. The smallest absolute Gasteiger partial charge is 0.407 e. The Morgan fingerprint density at radius 3 is 2.54 bits per heavy atom. The maximum Gasteiger partial charge on any atom is 0.407 e. The van der Waals surface area contributed by atoms with Crippen molar-refractivity contribution in [2.45, 2.75) is 45.1 Å². The number of rotatable bonds is 8. The van der Waals surface area contributed by atoms with Gasteiger partial charge in [-0.25, -0.2) is 14.4 Å². The Kier molecular flexibility index (Phi) is 6.83. The number of urea groups is 1. The number of aliphatic carboxylic acids is 1. The molecule has 2 atom stereocenters. The molecule has 0 radical (unpaired) electrons. The summed E-state index contributed by atoms with van der Waals surface area (Å²) in [5.41, 5.74) is 1.48. The fourth-order valence-electron chi connectivity index (χ4n) is 4.15. The normalized spacial score (nSPS) is 18.8. The molecule has 2 aliphatic rings. The van der Waals surface area contributed by atoms with Crippen molar-refractivity contribution in [3.05, 3.63) is 65.2 Å². The topological polar surface area (TPSA) is 118 Å². The van der Waals surface area contributed by atoms with Crippen molar-refractivity contribution < 1.29 is 33.8 Å². The molecule has 0 saturated carbocycles. The first kappa shape index (κ1) is 24.3. The van der Waals surface area contributed by atoms with E-state index in [1.807, 2.05) is 30.3 Å². The molecule has 0 aliphatic carbocycles. The summed E-state index contributed by atoms with van der Waals surface area (Å²) in [6.07, 6.45) is -0.536. The number of fused-ring (bicyclic) bond motifs is 4. The number of nitrogens with one attached hydrogen (secondary N) is 1. The minimum absolute atomic E-state index is 0.177. The van der Waals surface area contributed by atoms with Gasteiger partial charge in [0, 0.05) is 0 Å². The lowest BCUT2D eigenvalue weighted by molar-refractivity contribution is -0.143. The number of hydroxylamine groups is 2. The highest BCUT2D eigenvalue weighted by molar-refractivity contribution is 5.87. The van der Waals surface area contributed by atoms with Crippen LogP contribution in [0.3, 0.4) is 0 Å². The lowest BCUT2D eigenvalue weighted by Crippen LogP contribution is -2.38. The van der Waals surface area contributed by atoms with Crippen LogP contribution in [0, 0.1) is 0 Å². The second-order valence-corrected chi connectivity index (χ2v) is 9.34. The van der Waals surface area contributed by atoms with Crippen molar-refractivity contribution in [2.75, 3.05) is 19.7 Å². The number of benzene rings is 2. The summed E-state index contributed by atoms with van der Waals surface area (Å²) in [7, 11) is 0. The third-order valence-electron chi connectivity index (χ3n) is 5.60. The van der Waals surface area contributed by atoms with E-state index < -0.39 is 35.8 Å². The van der Waals surface area contributed by atoms with Gasteiger partial charge in [-0.15, -0.1) is 0 Å². The molecule has 2 bridgehead atoms. The summed E-state index contributed by atoms with van der Waals surface area (Å²) >= 11 is 0. The van der Waals surface area contributed by atoms with Crippen LogP contribution >= 0.6 is 0 Å². The van der Waals surface area contributed by atoms with Gasteiger partial charge in [0.1, 0.15) is 30.6 Å². The summed E-state index contributed by atoms with van der Waals surface area (Å²) < 4.78 is 11.0. The number of alkyl carbamates (subject to hydrolysis) is 1. The Balaban J connectivity index is 1.47. The van der Waals surface area contributed by atoms with Crippen molar-refractivity contribution in [2.24, 2.45) is 0 Å². The van der Waals surface area contributed by atoms with E-state index in [1.165, 1.54) is 9.96 Å². The molecule has 186 valence electrons. The Morgan fingerprint density at radius 2 is 1.86 bits per heavy atom. The third kappa shape index (κ3) is 5.48. The molecule has 1 saturated heterocycles. The van der Waals surface area contributed by atoms with E-state index in [0.717, 1.165) is 5.56 Å². The number of carbonyl (C=O) groups is 3. The second kappa shape index (κ2) is 9.83. The molecule has 3 amide bonds. The molecule has 2 N–H and O–H groups in total. The summed E-state index contributed by atoms with van der Waals surface area (Å²) in [5, 5.41) is 13.7. The van der Waals surface area contributed by atoms with E-state index in [9.17, 15) is 19.5 Å². The zero-order valence-corrected chi connectivity index (χ0v) is 19.9. The number of hydrogen-bond acceptors (Lipinski definition) is 6. The molecular formula is C25H29N3O7. The highest BCUT2D eigenvalue weighted by Gasteiger charge is 2.51. The molecule has 2 aliphatic heterocycles. The first-order chi connectivity index (χ1) is 16.6. The quantitative estimate of drug-likeness (QED) is 0.551. The Morgan fingerprint density at radius 1 is 1.11 bits per heavy atom. The number of nitrogens with zero attached hydrogens (tertiary/aromatic N) is 2. The van der Waals surface area contributed by atoms with Crippen LogP contribution in [0.5, 0.6) is 5.75 Å². The van der Waals surface area contributed by atoms with E-state index >= 15 is 0 Å². The van der Waals surface area contributed by atoms with Gasteiger partial charge in [-0.1, -0.05) is 36.4 Å². The molecule has 1 fully saturated rings. The lowest BCUT2D eigenvalue weighted by atomic mass is 9.91. The van der Waals surface area contributed by atoms with Crippen LogP contribution in [0.2, 0.25) is 0 Å². The first-order valence-corrected chi connectivity index (χ1v) is 11.4. The molecule has 0 spiro atoms. The average molecular weight is 484 g/mol. The summed E-state index contributed by atoms with van der Waals surface area (Å²) in [6.45, 7) is 6.13. The van der Waals surface area contributed by atoms with Crippen LogP contribution in [-0.2, 0) is 21.0 Å². The van der Waals surface area contributed by atoms with Crippen LogP contribution < -0.4 is 10.1 Å². The Bertz CT molecular complexity index is 1100. The molecule has 10 nitrogen and oxygen atoms in total. The zero-order chi connectivity index (χ0) is 25.2. The molecule has 0 unspecified atom stereocenters. The summed E-state index contributed by atoms with van der Waals surface area (Å²) in [6, 6.07) is 12.4. The summed E-state index contributed by atoms with van der Waals surface area (Å²) in [5.74, 6) is -0.618. The van der Waals surface area contributed by atoms with Gasteiger partial charge >= 0.3 is 18.1 Å². The van der Waals surface area contributed by atoms with Gasteiger partial charge in [0.2, 0.25) is 0 Å². The highest BCUT2D eigenvalue weighted by Crippen LogP contribution is 2.45. The van der Waals surface area contributed by atoms with E-state index in [-0.39, 0.29) is 26.3 Å². The minimum Gasteiger partial charge on any atom is -0.492 e. The number of amides is 3. The first-order valence-electron chi connectivity index (χ1n) is 11.4. The summed E-state index contributed by atoms with van der Waals surface area (Å²) in [4.78, 5) is 44.0. The number of carbonyl (C=O) groups excluding carboxylic acids is 2. The number of carboxylic acid groups (broad SMARTS) is 1. The van der Waals surface area contributed by atoms with E-state index in [4.69, 9.17) is 14.3 Å². The predicted molar refractivity (Wildman–Crippen MR) is 124 cm³/mol. The van der Waals surface area contributed by atoms with Gasteiger partial charge < -0.3 is 24.8 Å². The maximum atomic E-state index is 13.0. The Labute approximate surface area is 203 Å². The third-order valence-corrected chi connectivity index (χ3v) is 5.60. The molecule has 2 aromatic rings. The van der Waals surface area contributed by atoms with Gasteiger partial charge in [-0.3, -0.25) is 4.84 Å². The fraction of sp³-hybridized carbons (Fsp3) is 0.400. The SMILES string of the molecule is CC(C)(C)OC(=O)NCCOc1ccc2c(c1)[C@@H]1CN(C(=O)N1OCc1ccccc1)[C@H]2C(=O)O. The van der Waals surface area contributed by atoms with Crippen molar-refractivity contribution in [1.82, 2.24) is 15.3 Å². The standard InChI is InChI=1S/C25H29N3O7/c1-25(2,3)35-23(31)26-11-12-33-17-9-10-18-19(13-17)20-14-27(21(18)22(29)30)24(32)28(20)34-15-16-7-5-4-6-8-16/h4-10,13,20-21H,11-12,14-15H2,1-3H3,(H,26,31)(H,29,30)/t20-,21+/m0/s1. The molecular weight excluding hydrogens is 454 g/mol.